The number of nitrogens with one attached hydrogen (secondary N) is 2. The van der Waals surface area contributed by atoms with E-state index in [4.69, 9.17) is 14.0 Å². The lowest BCUT2D eigenvalue weighted by Gasteiger charge is -2.28. The summed E-state index contributed by atoms with van der Waals surface area (Å²) < 4.78 is 28.5. The van der Waals surface area contributed by atoms with Crippen molar-refractivity contribution in [3.8, 4) is 0 Å². The number of imide groups is 1. The number of unbranched alkanes of at least 4 members (excludes halogenated alkanes) is 1. The van der Waals surface area contributed by atoms with Crippen LogP contribution < -0.4 is 10.4 Å². The monoisotopic (exact) mass is 553 g/mol. The highest BCUT2D eigenvalue weighted by Gasteiger charge is 2.37. The highest BCUT2D eigenvalue weighted by molar-refractivity contribution is 7.57. The Labute approximate surface area is 222 Å². The van der Waals surface area contributed by atoms with Crippen LogP contribution in [0.1, 0.15) is 73.6 Å². The fourth-order valence-electron chi connectivity index (χ4n) is 3.90. The maximum atomic E-state index is 13.4. The van der Waals surface area contributed by atoms with Crippen LogP contribution in [0.25, 0.3) is 0 Å². The molecule has 3 atom stereocenters. The summed E-state index contributed by atoms with van der Waals surface area (Å²) in [5, 5.41) is 5.26. The number of rotatable bonds is 16. The third kappa shape index (κ3) is 8.21. The first kappa shape index (κ1) is 31.1. The predicted molar refractivity (Wildman–Crippen MR) is 137 cm³/mol. The Morgan fingerprint density at radius 2 is 1.58 bits per heavy atom. The minimum absolute atomic E-state index is 0.0382. The summed E-state index contributed by atoms with van der Waals surface area (Å²) in [6.45, 7) is 5.20. The predicted octanol–water partition coefficient (Wildman–Crippen LogP) is 2.62. The summed E-state index contributed by atoms with van der Waals surface area (Å²) in [7, 11) is -2.61. The van der Waals surface area contributed by atoms with Crippen molar-refractivity contribution in [2.75, 3.05) is 26.9 Å². The fraction of sp³-hybridized carbons (Fsp3) is 0.560. The largest absolute Gasteiger partial charge is 0.466 e. The molecular formula is C25H36N3O9P. The van der Waals surface area contributed by atoms with Crippen LogP contribution in [0.5, 0.6) is 0 Å². The van der Waals surface area contributed by atoms with Gasteiger partial charge >= 0.3 is 11.9 Å². The van der Waals surface area contributed by atoms with Gasteiger partial charge < -0.3 is 19.3 Å². The molecule has 0 spiro atoms. The Bertz CT molecular complexity index is 1040. The van der Waals surface area contributed by atoms with E-state index in [1.165, 1.54) is 18.9 Å². The summed E-state index contributed by atoms with van der Waals surface area (Å²) in [6, 6.07) is 5.49. The van der Waals surface area contributed by atoms with Crippen molar-refractivity contribution in [1.29, 1.82) is 0 Å². The average molecular weight is 554 g/mol. The van der Waals surface area contributed by atoms with Gasteiger partial charge in [-0.3, -0.25) is 33.4 Å². The van der Waals surface area contributed by atoms with E-state index in [0.717, 1.165) is 0 Å². The second-order valence-electron chi connectivity index (χ2n) is 8.57. The fourth-order valence-corrected chi connectivity index (χ4v) is 5.53. The molecule has 1 aromatic rings. The number of esters is 2. The maximum absolute atomic E-state index is 13.4. The average Bonchev–Trinajstić information content (AvgIpc) is 3.13. The first-order valence-corrected chi connectivity index (χ1v) is 14.3. The van der Waals surface area contributed by atoms with Crippen molar-refractivity contribution in [3.05, 3.63) is 35.4 Å². The molecule has 13 heteroatoms. The van der Waals surface area contributed by atoms with Gasteiger partial charge in [-0.2, -0.15) is 0 Å². The van der Waals surface area contributed by atoms with Gasteiger partial charge in [-0.15, -0.1) is 0 Å². The van der Waals surface area contributed by atoms with Gasteiger partial charge in [0.05, 0.1) is 24.3 Å². The number of amides is 3. The molecule has 3 amide bonds. The summed E-state index contributed by atoms with van der Waals surface area (Å²) in [6.07, 6.45) is 0.695. The van der Waals surface area contributed by atoms with Crippen LogP contribution >= 0.6 is 7.52 Å². The summed E-state index contributed by atoms with van der Waals surface area (Å²) in [4.78, 5) is 62.7. The minimum atomic E-state index is -3.79. The van der Waals surface area contributed by atoms with Gasteiger partial charge in [0, 0.05) is 26.5 Å². The lowest BCUT2D eigenvalue weighted by molar-refractivity contribution is -0.146. The number of hydrogen-bond donors (Lipinski definition) is 2. The zero-order valence-electron chi connectivity index (χ0n) is 22.2. The molecule has 1 heterocycles. The van der Waals surface area contributed by atoms with Crippen LogP contribution in [0.2, 0.25) is 0 Å². The van der Waals surface area contributed by atoms with E-state index in [2.05, 4.69) is 10.4 Å². The Morgan fingerprint density at radius 1 is 0.974 bits per heavy atom. The van der Waals surface area contributed by atoms with Gasteiger partial charge in [0.15, 0.2) is 0 Å². The molecule has 0 bridgehead atoms. The van der Waals surface area contributed by atoms with E-state index in [1.54, 1.807) is 38.1 Å². The molecule has 2 N–H and O–H groups in total. The van der Waals surface area contributed by atoms with Gasteiger partial charge in [-0.1, -0.05) is 12.1 Å². The highest BCUT2D eigenvalue weighted by Crippen LogP contribution is 2.46. The summed E-state index contributed by atoms with van der Waals surface area (Å²) >= 11 is 0. The molecule has 1 aliphatic heterocycles. The van der Waals surface area contributed by atoms with Crippen LogP contribution in [0.4, 0.5) is 0 Å². The smallest absolute Gasteiger partial charge is 0.323 e. The minimum Gasteiger partial charge on any atom is -0.466 e. The summed E-state index contributed by atoms with van der Waals surface area (Å²) in [5.74, 6) is -3.35. The number of carbonyl (C=O) groups excluding carboxylic acids is 5. The molecule has 0 saturated carbocycles. The number of nitrogens with zero attached hydrogens (tertiary/aromatic N) is 1. The van der Waals surface area contributed by atoms with Crippen molar-refractivity contribution >= 4 is 37.2 Å². The quantitative estimate of drug-likeness (QED) is 0.135. The molecule has 1 aliphatic rings. The molecule has 0 saturated heterocycles. The first-order chi connectivity index (χ1) is 18.1. The Balaban J connectivity index is 1.88. The van der Waals surface area contributed by atoms with Crippen LogP contribution in [-0.2, 0) is 32.9 Å². The molecule has 210 valence electrons. The third-order valence-electron chi connectivity index (χ3n) is 5.91. The summed E-state index contributed by atoms with van der Waals surface area (Å²) in [5.41, 5.74) is 0.741. The normalized spacial score (nSPS) is 15.8. The number of carbonyl (C=O) groups is 5. The van der Waals surface area contributed by atoms with Crippen molar-refractivity contribution in [2.24, 2.45) is 0 Å². The van der Waals surface area contributed by atoms with Crippen LogP contribution in [0.3, 0.4) is 0 Å². The number of hydrogen-bond acceptors (Lipinski definition) is 9. The van der Waals surface area contributed by atoms with Gasteiger partial charge in [-0.25, -0.2) is 5.09 Å². The zero-order valence-corrected chi connectivity index (χ0v) is 23.1. The van der Waals surface area contributed by atoms with E-state index in [-0.39, 0.29) is 50.8 Å². The van der Waals surface area contributed by atoms with E-state index >= 15 is 0 Å². The Hall–Kier alpha value is -3.08. The van der Waals surface area contributed by atoms with Crippen LogP contribution in [0.15, 0.2) is 24.3 Å². The molecule has 0 aromatic heterocycles. The van der Waals surface area contributed by atoms with Crippen molar-refractivity contribution in [1.82, 2.24) is 15.3 Å². The zero-order chi connectivity index (χ0) is 28.3. The third-order valence-corrected chi connectivity index (χ3v) is 8.28. The lowest BCUT2D eigenvalue weighted by Crippen LogP contribution is -2.43. The maximum Gasteiger partial charge on any atom is 0.323 e. The Kier molecular flexibility index (Phi) is 12.1. The molecule has 12 nitrogen and oxygen atoms in total. The molecule has 38 heavy (non-hydrogen) atoms. The van der Waals surface area contributed by atoms with E-state index in [1.807, 2.05) is 0 Å². The van der Waals surface area contributed by atoms with Gasteiger partial charge in [-0.05, 0) is 52.2 Å². The lowest BCUT2D eigenvalue weighted by atomic mass is 10.1. The number of fused-ring (bicyclic) bond motifs is 1. The van der Waals surface area contributed by atoms with Gasteiger partial charge in [0.25, 0.3) is 19.3 Å². The van der Waals surface area contributed by atoms with Gasteiger partial charge in [0.2, 0.25) is 5.91 Å². The van der Waals surface area contributed by atoms with Crippen molar-refractivity contribution < 1.29 is 42.5 Å². The SMILES string of the molecule is CCOC(=O)CCC(NP(=O)(OC)C(C)NC(=O)CCCCN1C(=O)c2ccccc2C1=O)C(=O)OCC. The standard InChI is InChI=1S/C25H36N3O9P/c1-5-36-22(30)15-14-20(25(33)37-6-2)27-38(34,35-4)17(3)26-21(29)13-9-10-16-28-23(31)18-11-7-8-12-19(18)24(28)32/h7-8,11-12,17,20H,5-6,9-10,13-16H2,1-4H3,(H,26,29)(H,27,34). The molecule has 2 rings (SSSR count). The topological polar surface area (TPSA) is 157 Å². The van der Waals surface area contributed by atoms with E-state index < -0.39 is 37.2 Å². The Morgan fingerprint density at radius 3 is 2.13 bits per heavy atom. The number of ether oxygens (including phenoxy) is 2. The molecule has 0 aliphatic carbocycles. The molecular weight excluding hydrogens is 517 g/mol. The molecule has 0 fully saturated rings. The number of benzene rings is 1. The van der Waals surface area contributed by atoms with E-state index in [0.29, 0.717) is 24.0 Å². The first-order valence-electron chi connectivity index (χ1n) is 12.6. The van der Waals surface area contributed by atoms with Crippen LogP contribution in [-0.4, -0.2) is 73.3 Å². The van der Waals surface area contributed by atoms with E-state index in [9.17, 15) is 28.5 Å². The molecule has 1 aromatic carbocycles. The second kappa shape index (κ2) is 14.8. The van der Waals surface area contributed by atoms with Crippen molar-refractivity contribution in [3.63, 3.8) is 0 Å². The molecule has 3 unspecified atom stereocenters. The second-order valence-corrected chi connectivity index (χ2v) is 11.2. The molecule has 0 radical (unpaired) electrons. The highest BCUT2D eigenvalue weighted by atomic mass is 31.2. The van der Waals surface area contributed by atoms with Crippen LogP contribution in [0, 0.1) is 0 Å². The van der Waals surface area contributed by atoms with Gasteiger partial charge in [0.1, 0.15) is 11.8 Å². The van der Waals surface area contributed by atoms with Crippen molar-refractivity contribution in [2.45, 2.75) is 64.7 Å².